The van der Waals surface area contributed by atoms with E-state index in [-0.39, 0.29) is 24.3 Å². The highest BCUT2D eigenvalue weighted by Gasteiger charge is 2.55. The van der Waals surface area contributed by atoms with Gasteiger partial charge in [0.25, 0.3) is 5.91 Å². The van der Waals surface area contributed by atoms with Crippen LogP contribution in [-0.4, -0.2) is 39.4 Å². The molecule has 2 fully saturated rings. The van der Waals surface area contributed by atoms with Crippen LogP contribution in [0.4, 0.5) is 10.5 Å². The van der Waals surface area contributed by atoms with Crippen LogP contribution in [0.15, 0.2) is 24.3 Å². The van der Waals surface area contributed by atoms with Gasteiger partial charge in [0.05, 0.1) is 0 Å². The van der Waals surface area contributed by atoms with Gasteiger partial charge in [0, 0.05) is 28.8 Å². The SMILES string of the molecule is CCCn1c(C)cc2cc(NC(=O)CN3C(=O)NC4(CCCCC4C)C3=O)ccc21. The molecule has 30 heavy (non-hydrogen) atoms. The standard InChI is InChI=1S/C23H30N4O3/c1-4-11-26-16(3)12-17-13-18(8-9-19(17)26)24-20(28)14-27-21(29)23(25-22(27)30)10-6-5-7-15(23)2/h8-9,12-13,15H,4-7,10-11,14H2,1-3H3,(H,24,28)(H,25,30). The lowest BCUT2D eigenvalue weighted by atomic mass is 9.73. The Bertz CT molecular complexity index is 1010. The number of nitrogens with zero attached hydrogens (tertiary/aromatic N) is 2. The normalized spacial score (nSPS) is 24.0. The first-order chi connectivity index (χ1) is 14.4. The third kappa shape index (κ3) is 3.36. The molecule has 2 heterocycles. The highest BCUT2D eigenvalue weighted by atomic mass is 16.2. The quantitative estimate of drug-likeness (QED) is 0.736. The van der Waals surface area contributed by atoms with Crippen molar-refractivity contribution in [2.75, 3.05) is 11.9 Å². The zero-order valence-corrected chi connectivity index (χ0v) is 18.0. The predicted molar refractivity (Wildman–Crippen MR) is 116 cm³/mol. The summed E-state index contributed by atoms with van der Waals surface area (Å²) in [4.78, 5) is 39.2. The second-order valence-corrected chi connectivity index (χ2v) is 8.70. The van der Waals surface area contributed by atoms with Crippen LogP contribution in [0.1, 0.15) is 51.6 Å². The molecule has 1 saturated heterocycles. The fourth-order valence-electron chi connectivity index (χ4n) is 4.99. The number of hydrogen-bond acceptors (Lipinski definition) is 3. The van der Waals surface area contributed by atoms with E-state index in [1.165, 1.54) is 5.69 Å². The Labute approximate surface area is 176 Å². The maximum Gasteiger partial charge on any atom is 0.325 e. The van der Waals surface area contributed by atoms with E-state index in [1.807, 2.05) is 25.1 Å². The molecule has 1 aromatic carbocycles. The zero-order valence-electron chi connectivity index (χ0n) is 18.0. The molecule has 1 spiro atoms. The molecule has 4 amide bonds. The fourth-order valence-corrected chi connectivity index (χ4v) is 4.99. The van der Waals surface area contributed by atoms with Crippen LogP contribution in [-0.2, 0) is 16.1 Å². The molecular weight excluding hydrogens is 380 g/mol. The summed E-state index contributed by atoms with van der Waals surface area (Å²) in [5, 5.41) is 6.79. The minimum Gasteiger partial charge on any atom is -0.345 e. The molecule has 1 aliphatic carbocycles. The van der Waals surface area contributed by atoms with E-state index in [0.717, 1.165) is 48.0 Å². The van der Waals surface area contributed by atoms with E-state index in [1.54, 1.807) is 0 Å². The third-order valence-electron chi connectivity index (χ3n) is 6.64. The number of imide groups is 1. The molecule has 2 unspecified atom stereocenters. The molecule has 0 bridgehead atoms. The number of carbonyl (C=O) groups excluding carboxylic acids is 3. The molecule has 2 aromatic rings. The van der Waals surface area contributed by atoms with Gasteiger partial charge in [0.15, 0.2) is 0 Å². The Balaban J connectivity index is 1.47. The van der Waals surface area contributed by atoms with Gasteiger partial charge < -0.3 is 15.2 Å². The number of aryl methyl sites for hydroxylation is 2. The van der Waals surface area contributed by atoms with Crippen molar-refractivity contribution in [3.63, 3.8) is 0 Å². The largest absolute Gasteiger partial charge is 0.345 e. The fraction of sp³-hybridized carbons (Fsp3) is 0.522. The first-order valence-corrected chi connectivity index (χ1v) is 10.9. The first-order valence-electron chi connectivity index (χ1n) is 10.9. The Morgan fingerprint density at radius 1 is 1.27 bits per heavy atom. The van der Waals surface area contributed by atoms with Crippen LogP contribution in [0.3, 0.4) is 0 Å². The number of fused-ring (bicyclic) bond motifs is 1. The van der Waals surface area contributed by atoms with Crippen molar-refractivity contribution >= 4 is 34.4 Å². The lowest BCUT2D eigenvalue weighted by molar-refractivity contribution is -0.136. The Kier molecular flexibility index (Phi) is 5.30. The highest BCUT2D eigenvalue weighted by Crippen LogP contribution is 2.38. The molecule has 2 aliphatic rings. The van der Waals surface area contributed by atoms with Crippen molar-refractivity contribution in [1.82, 2.24) is 14.8 Å². The van der Waals surface area contributed by atoms with Crippen LogP contribution < -0.4 is 10.6 Å². The van der Waals surface area contributed by atoms with Crippen molar-refractivity contribution in [3.05, 3.63) is 30.0 Å². The number of urea groups is 1. The van der Waals surface area contributed by atoms with Crippen molar-refractivity contribution < 1.29 is 14.4 Å². The number of anilines is 1. The summed E-state index contributed by atoms with van der Waals surface area (Å²) < 4.78 is 2.26. The Hall–Kier alpha value is -2.83. The topological polar surface area (TPSA) is 83.4 Å². The Morgan fingerprint density at radius 2 is 2.07 bits per heavy atom. The average Bonchev–Trinajstić information content (AvgIpc) is 3.13. The zero-order chi connectivity index (χ0) is 21.5. The van der Waals surface area contributed by atoms with Crippen LogP contribution in [0.25, 0.3) is 10.9 Å². The van der Waals surface area contributed by atoms with Gasteiger partial charge in [-0.3, -0.25) is 14.5 Å². The maximum atomic E-state index is 13.0. The molecule has 7 nitrogen and oxygen atoms in total. The summed E-state index contributed by atoms with van der Waals surface area (Å²) >= 11 is 0. The van der Waals surface area contributed by atoms with Gasteiger partial charge in [0.1, 0.15) is 12.1 Å². The van der Waals surface area contributed by atoms with E-state index in [0.29, 0.717) is 12.1 Å². The second-order valence-electron chi connectivity index (χ2n) is 8.70. The first kappa shape index (κ1) is 20.4. The Morgan fingerprint density at radius 3 is 2.80 bits per heavy atom. The average molecular weight is 411 g/mol. The van der Waals surface area contributed by atoms with Crippen molar-refractivity contribution in [1.29, 1.82) is 0 Å². The van der Waals surface area contributed by atoms with Crippen LogP contribution in [0.2, 0.25) is 0 Å². The number of hydrogen-bond donors (Lipinski definition) is 2. The van der Waals surface area contributed by atoms with Crippen LogP contribution in [0, 0.1) is 12.8 Å². The lowest BCUT2D eigenvalue weighted by Gasteiger charge is -2.36. The second kappa shape index (κ2) is 7.78. The van der Waals surface area contributed by atoms with Crippen molar-refractivity contribution in [2.45, 2.75) is 65.0 Å². The summed E-state index contributed by atoms with van der Waals surface area (Å²) in [6, 6.07) is 7.43. The number of nitrogens with one attached hydrogen (secondary N) is 2. The maximum absolute atomic E-state index is 13.0. The summed E-state index contributed by atoms with van der Waals surface area (Å²) in [5.41, 5.74) is 2.14. The van der Waals surface area contributed by atoms with E-state index in [2.05, 4.69) is 35.1 Å². The van der Waals surface area contributed by atoms with Gasteiger partial charge in [-0.05, 0) is 56.4 Å². The summed E-state index contributed by atoms with van der Waals surface area (Å²) in [7, 11) is 0. The van der Waals surface area contributed by atoms with Gasteiger partial charge in [0.2, 0.25) is 5.91 Å². The molecule has 1 aliphatic heterocycles. The smallest absolute Gasteiger partial charge is 0.325 e. The number of aromatic nitrogens is 1. The number of carbonyl (C=O) groups is 3. The molecular formula is C23H30N4O3. The predicted octanol–water partition coefficient (Wildman–Crippen LogP) is 3.80. The molecule has 2 N–H and O–H groups in total. The molecule has 160 valence electrons. The van der Waals surface area contributed by atoms with Crippen molar-refractivity contribution in [2.24, 2.45) is 5.92 Å². The summed E-state index contributed by atoms with van der Waals surface area (Å²) in [6.07, 6.45) is 4.57. The van der Waals surface area contributed by atoms with Gasteiger partial charge in [-0.15, -0.1) is 0 Å². The van der Waals surface area contributed by atoms with Gasteiger partial charge in [-0.25, -0.2) is 4.79 Å². The number of rotatable bonds is 5. The van der Waals surface area contributed by atoms with E-state index in [9.17, 15) is 14.4 Å². The molecule has 1 saturated carbocycles. The van der Waals surface area contributed by atoms with Crippen LogP contribution >= 0.6 is 0 Å². The molecule has 0 radical (unpaired) electrons. The van der Waals surface area contributed by atoms with E-state index >= 15 is 0 Å². The molecule has 1 aromatic heterocycles. The van der Waals surface area contributed by atoms with Gasteiger partial charge >= 0.3 is 6.03 Å². The molecule has 2 atom stereocenters. The third-order valence-corrected chi connectivity index (χ3v) is 6.64. The molecule has 7 heteroatoms. The summed E-state index contributed by atoms with van der Waals surface area (Å²) in [5.74, 6) is -0.561. The minimum absolute atomic E-state index is 0.0774. The van der Waals surface area contributed by atoms with E-state index in [4.69, 9.17) is 0 Å². The van der Waals surface area contributed by atoms with Gasteiger partial charge in [-0.2, -0.15) is 0 Å². The van der Waals surface area contributed by atoms with Crippen LogP contribution in [0.5, 0.6) is 0 Å². The monoisotopic (exact) mass is 410 g/mol. The number of amides is 4. The van der Waals surface area contributed by atoms with Gasteiger partial charge in [-0.1, -0.05) is 26.7 Å². The molecule has 4 rings (SSSR count). The van der Waals surface area contributed by atoms with Crippen molar-refractivity contribution in [3.8, 4) is 0 Å². The summed E-state index contributed by atoms with van der Waals surface area (Å²) in [6.45, 7) is 6.91. The minimum atomic E-state index is -0.839. The van der Waals surface area contributed by atoms with E-state index < -0.39 is 11.6 Å². The highest BCUT2D eigenvalue weighted by molar-refractivity contribution is 6.10. The number of benzene rings is 1. The lowest BCUT2D eigenvalue weighted by Crippen LogP contribution is -2.54.